The summed E-state index contributed by atoms with van der Waals surface area (Å²) in [6, 6.07) is 16.2. The first-order valence-corrected chi connectivity index (χ1v) is 11.6. The summed E-state index contributed by atoms with van der Waals surface area (Å²) in [5.74, 6) is -1.45. The molecule has 180 valence electrons. The summed E-state index contributed by atoms with van der Waals surface area (Å²) in [7, 11) is 0. The number of nitrogens with zero attached hydrogens (tertiary/aromatic N) is 2. The lowest BCUT2D eigenvalue weighted by molar-refractivity contribution is -0.143. The number of carboxylic acids is 1. The number of likely N-dealkylation sites (tertiary alicyclic amines) is 1. The molecule has 2 amide bonds. The summed E-state index contributed by atoms with van der Waals surface area (Å²) >= 11 is 0. The van der Waals surface area contributed by atoms with Crippen molar-refractivity contribution in [3.8, 4) is 11.1 Å². The molecule has 2 heterocycles. The molecule has 9 heteroatoms. The Hall–Kier alpha value is -4.14. The van der Waals surface area contributed by atoms with E-state index in [1.165, 1.54) is 0 Å². The van der Waals surface area contributed by atoms with Gasteiger partial charge in [0.25, 0.3) is 5.91 Å². The van der Waals surface area contributed by atoms with E-state index < -0.39 is 18.0 Å². The van der Waals surface area contributed by atoms with Crippen LogP contribution in [0.3, 0.4) is 0 Å². The van der Waals surface area contributed by atoms with E-state index in [9.17, 15) is 14.4 Å². The van der Waals surface area contributed by atoms with Crippen molar-refractivity contribution in [3.05, 3.63) is 77.5 Å². The van der Waals surface area contributed by atoms with E-state index in [1.807, 2.05) is 36.4 Å². The van der Waals surface area contributed by atoms with Crippen LogP contribution < -0.4 is 5.32 Å². The Kier molecular flexibility index (Phi) is 6.22. The van der Waals surface area contributed by atoms with Crippen molar-refractivity contribution >= 4 is 18.0 Å². The summed E-state index contributed by atoms with van der Waals surface area (Å²) < 4.78 is 10.9. The average Bonchev–Trinajstić information content (AvgIpc) is 3.48. The molecule has 0 radical (unpaired) electrons. The number of alkyl carbamates (subject to hydrolysis) is 1. The van der Waals surface area contributed by atoms with Crippen LogP contribution in [0.25, 0.3) is 11.1 Å². The maximum atomic E-state index is 12.8. The molecule has 1 aromatic heterocycles. The molecular weight excluding hydrogens is 450 g/mol. The zero-order chi connectivity index (χ0) is 24.4. The quantitative estimate of drug-likeness (QED) is 0.558. The summed E-state index contributed by atoms with van der Waals surface area (Å²) in [5, 5.41) is 11.8. The first-order chi connectivity index (χ1) is 17.0. The highest BCUT2D eigenvalue weighted by Gasteiger charge is 2.31. The number of ether oxygens (including phenoxy) is 1. The molecule has 35 heavy (non-hydrogen) atoms. The Morgan fingerprint density at radius 3 is 2.29 bits per heavy atom. The van der Waals surface area contributed by atoms with Crippen molar-refractivity contribution in [2.75, 3.05) is 19.7 Å². The van der Waals surface area contributed by atoms with Gasteiger partial charge >= 0.3 is 12.1 Å². The van der Waals surface area contributed by atoms with E-state index in [1.54, 1.807) is 4.90 Å². The topological polar surface area (TPSA) is 122 Å². The first kappa shape index (κ1) is 22.6. The van der Waals surface area contributed by atoms with E-state index in [0.717, 1.165) is 28.6 Å². The van der Waals surface area contributed by atoms with E-state index in [-0.39, 0.29) is 36.4 Å². The second kappa shape index (κ2) is 9.61. The number of amides is 2. The second-order valence-corrected chi connectivity index (χ2v) is 8.71. The molecule has 1 fully saturated rings. The lowest BCUT2D eigenvalue weighted by atomic mass is 9.97. The third kappa shape index (κ3) is 4.49. The van der Waals surface area contributed by atoms with Crippen LogP contribution in [0.4, 0.5) is 4.79 Å². The highest BCUT2D eigenvalue weighted by atomic mass is 16.5. The molecule has 0 bridgehead atoms. The van der Waals surface area contributed by atoms with Crippen molar-refractivity contribution in [3.63, 3.8) is 0 Å². The van der Waals surface area contributed by atoms with Crippen LogP contribution in [0.1, 0.15) is 46.1 Å². The molecule has 1 aliphatic heterocycles. The molecule has 0 unspecified atom stereocenters. The molecule has 3 aromatic rings. The lowest BCUT2D eigenvalue weighted by Gasteiger charge is -2.29. The summed E-state index contributed by atoms with van der Waals surface area (Å²) in [4.78, 5) is 42.0. The van der Waals surface area contributed by atoms with Crippen LogP contribution in [0.2, 0.25) is 0 Å². The number of carbonyl (C=O) groups is 3. The number of hydrogen-bond donors (Lipinski definition) is 2. The van der Waals surface area contributed by atoms with Gasteiger partial charge in [-0.3, -0.25) is 9.59 Å². The van der Waals surface area contributed by atoms with Crippen LogP contribution in [0.15, 0.2) is 59.3 Å². The maximum Gasteiger partial charge on any atom is 0.407 e. The standard InChI is InChI=1S/C26H25N3O6/c30-24(29-11-9-16(10-12-29)25(31)32)23-22(35-15-28-23)13-27-26(33)34-14-21-19-7-3-1-5-17(19)18-6-2-4-8-20(18)21/h1-8,15-16,21H,9-14H2,(H,27,33)(H,31,32). The van der Waals surface area contributed by atoms with E-state index in [4.69, 9.17) is 14.3 Å². The first-order valence-electron chi connectivity index (χ1n) is 11.6. The lowest BCUT2D eigenvalue weighted by Crippen LogP contribution is -2.40. The largest absolute Gasteiger partial charge is 0.481 e. The van der Waals surface area contributed by atoms with Crippen molar-refractivity contribution in [1.82, 2.24) is 15.2 Å². The molecule has 2 aliphatic rings. The number of hydrogen-bond acceptors (Lipinski definition) is 6. The van der Waals surface area contributed by atoms with Gasteiger partial charge in [-0.1, -0.05) is 48.5 Å². The van der Waals surface area contributed by atoms with Gasteiger partial charge in [-0.2, -0.15) is 0 Å². The number of aromatic nitrogens is 1. The number of piperidine rings is 1. The third-order valence-electron chi connectivity index (χ3n) is 6.71. The molecule has 0 spiro atoms. The smallest absolute Gasteiger partial charge is 0.407 e. The number of carboxylic acid groups (broad SMARTS) is 1. The highest BCUT2D eigenvalue weighted by molar-refractivity contribution is 5.93. The normalized spacial score (nSPS) is 15.4. The minimum absolute atomic E-state index is 0.0516. The summed E-state index contributed by atoms with van der Waals surface area (Å²) in [6.07, 6.45) is 1.33. The van der Waals surface area contributed by atoms with Crippen molar-refractivity contribution in [2.45, 2.75) is 25.3 Å². The number of fused-ring (bicyclic) bond motifs is 3. The number of carbonyl (C=O) groups excluding carboxylic acids is 2. The predicted octanol–water partition coefficient (Wildman–Crippen LogP) is 3.65. The van der Waals surface area contributed by atoms with Gasteiger partial charge < -0.3 is 24.5 Å². The fourth-order valence-corrected chi connectivity index (χ4v) is 4.85. The number of nitrogens with one attached hydrogen (secondary N) is 1. The number of benzene rings is 2. The SMILES string of the molecule is O=C(NCc1ocnc1C(=O)N1CCC(C(=O)O)CC1)OCC1c2ccccc2-c2ccccc21. The van der Waals surface area contributed by atoms with E-state index >= 15 is 0 Å². The average molecular weight is 476 g/mol. The highest BCUT2D eigenvalue weighted by Crippen LogP contribution is 2.44. The van der Waals surface area contributed by atoms with Gasteiger partial charge in [0.2, 0.25) is 0 Å². The van der Waals surface area contributed by atoms with Crippen LogP contribution in [-0.4, -0.2) is 52.7 Å². The predicted molar refractivity (Wildman–Crippen MR) is 125 cm³/mol. The molecule has 0 atom stereocenters. The molecule has 0 saturated carbocycles. The molecule has 2 N–H and O–H groups in total. The van der Waals surface area contributed by atoms with Crippen LogP contribution in [-0.2, 0) is 16.1 Å². The van der Waals surface area contributed by atoms with E-state index in [2.05, 4.69) is 22.4 Å². The summed E-state index contributed by atoms with van der Waals surface area (Å²) in [5.41, 5.74) is 4.65. The van der Waals surface area contributed by atoms with Gasteiger partial charge in [0.05, 0.1) is 12.5 Å². The number of rotatable bonds is 6. The summed E-state index contributed by atoms with van der Waals surface area (Å²) in [6.45, 7) is 0.799. The molecule has 5 rings (SSSR count). The molecule has 1 saturated heterocycles. The monoisotopic (exact) mass is 475 g/mol. The molecular formula is C26H25N3O6. The van der Waals surface area contributed by atoms with E-state index in [0.29, 0.717) is 25.9 Å². The third-order valence-corrected chi connectivity index (χ3v) is 6.71. The Morgan fingerprint density at radius 1 is 1.03 bits per heavy atom. The van der Waals surface area contributed by atoms with Gasteiger partial charge in [0, 0.05) is 19.0 Å². The van der Waals surface area contributed by atoms with Crippen LogP contribution in [0, 0.1) is 5.92 Å². The van der Waals surface area contributed by atoms with Gasteiger partial charge in [-0.15, -0.1) is 0 Å². The fraction of sp³-hybridized carbons (Fsp3) is 0.308. The molecule has 1 aliphatic carbocycles. The Morgan fingerprint density at radius 2 is 1.66 bits per heavy atom. The zero-order valence-electron chi connectivity index (χ0n) is 19.0. The Balaban J connectivity index is 1.17. The Labute approximate surface area is 201 Å². The molecule has 2 aromatic carbocycles. The van der Waals surface area contributed by atoms with Gasteiger partial charge in [-0.25, -0.2) is 9.78 Å². The molecule has 9 nitrogen and oxygen atoms in total. The van der Waals surface area contributed by atoms with Crippen molar-refractivity contribution in [1.29, 1.82) is 0 Å². The van der Waals surface area contributed by atoms with Crippen LogP contribution in [0.5, 0.6) is 0 Å². The fourth-order valence-electron chi connectivity index (χ4n) is 4.85. The van der Waals surface area contributed by atoms with Gasteiger partial charge in [-0.05, 0) is 35.1 Å². The second-order valence-electron chi connectivity index (χ2n) is 8.71. The zero-order valence-corrected chi connectivity index (χ0v) is 19.0. The van der Waals surface area contributed by atoms with Crippen molar-refractivity contribution < 1.29 is 28.6 Å². The van der Waals surface area contributed by atoms with Gasteiger partial charge in [0.15, 0.2) is 17.8 Å². The minimum atomic E-state index is -0.841. The van der Waals surface area contributed by atoms with Gasteiger partial charge in [0.1, 0.15) is 6.61 Å². The minimum Gasteiger partial charge on any atom is -0.481 e. The van der Waals surface area contributed by atoms with Crippen LogP contribution >= 0.6 is 0 Å². The van der Waals surface area contributed by atoms with Crippen molar-refractivity contribution in [2.24, 2.45) is 5.92 Å². The Bertz CT molecular complexity index is 1220. The number of aliphatic carboxylic acids is 1. The maximum absolute atomic E-state index is 12.8. The number of oxazole rings is 1.